The SMILES string of the molecule is CC1(C(=O)[O-])CO1. The molecule has 0 aromatic carbocycles. The van der Waals surface area contributed by atoms with E-state index in [0.717, 1.165) is 0 Å². The third kappa shape index (κ3) is 0.587. The topological polar surface area (TPSA) is 52.7 Å². The molecule has 1 fully saturated rings. The van der Waals surface area contributed by atoms with Gasteiger partial charge in [0.25, 0.3) is 0 Å². The number of carboxylic acids is 1. The fourth-order valence-corrected chi connectivity index (χ4v) is 0.226. The minimum absolute atomic E-state index is 0.301. The van der Waals surface area contributed by atoms with E-state index in [4.69, 9.17) is 0 Å². The maximum absolute atomic E-state index is 9.85. The molecule has 0 aromatic heterocycles. The Bertz CT molecular complexity index is 104. The summed E-state index contributed by atoms with van der Waals surface area (Å²) in [5, 5.41) is 9.85. The monoisotopic (exact) mass is 101 g/mol. The van der Waals surface area contributed by atoms with Crippen LogP contribution in [0.4, 0.5) is 0 Å². The van der Waals surface area contributed by atoms with E-state index in [2.05, 4.69) is 4.74 Å². The zero-order valence-electron chi connectivity index (χ0n) is 3.93. The van der Waals surface area contributed by atoms with Crippen LogP contribution in [-0.4, -0.2) is 18.2 Å². The lowest BCUT2D eigenvalue weighted by Crippen LogP contribution is -2.36. The second-order valence-corrected chi connectivity index (χ2v) is 1.81. The zero-order valence-corrected chi connectivity index (χ0v) is 3.93. The molecule has 0 spiro atoms. The van der Waals surface area contributed by atoms with Crippen molar-refractivity contribution in [2.45, 2.75) is 12.5 Å². The molecular weight excluding hydrogens is 96.0 g/mol. The molecule has 0 saturated carbocycles. The summed E-state index contributed by atoms with van der Waals surface area (Å²) in [6.07, 6.45) is 0. The van der Waals surface area contributed by atoms with Crippen LogP contribution in [-0.2, 0) is 9.53 Å². The summed E-state index contributed by atoms with van der Waals surface area (Å²) in [7, 11) is 0. The number of epoxide rings is 1. The van der Waals surface area contributed by atoms with Crippen LogP contribution >= 0.6 is 0 Å². The van der Waals surface area contributed by atoms with E-state index in [9.17, 15) is 9.90 Å². The van der Waals surface area contributed by atoms with Gasteiger partial charge in [-0.3, -0.25) is 0 Å². The van der Waals surface area contributed by atoms with Gasteiger partial charge >= 0.3 is 0 Å². The summed E-state index contributed by atoms with van der Waals surface area (Å²) in [5.74, 6) is -1.12. The number of hydrogen-bond donors (Lipinski definition) is 0. The largest absolute Gasteiger partial charge is 0.547 e. The van der Waals surface area contributed by atoms with Gasteiger partial charge in [0.05, 0.1) is 12.6 Å². The number of carbonyl (C=O) groups is 1. The number of aliphatic carboxylic acids is 1. The minimum Gasteiger partial charge on any atom is -0.547 e. The van der Waals surface area contributed by atoms with E-state index in [-0.39, 0.29) is 0 Å². The molecule has 1 heterocycles. The normalized spacial score (nSPS) is 37.9. The van der Waals surface area contributed by atoms with Crippen LogP contribution in [0.25, 0.3) is 0 Å². The summed E-state index contributed by atoms with van der Waals surface area (Å²) in [6, 6.07) is 0. The molecular formula is C4H5O3-. The second-order valence-electron chi connectivity index (χ2n) is 1.81. The molecule has 1 atom stereocenters. The summed E-state index contributed by atoms with van der Waals surface area (Å²) in [4.78, 5) is 9.85. The minimum atomic E-state index is -1.12. The van der Waals surface area contributed by atoms with Crippen LogP contribution < -0.4 is 5.11 Å². The van der Waals surface area contributed by atoms with Gasteiger partial charge in [0.1, 0.15) is 5.60 Å². The van der Waals surface area contributed by atoms with Gasteiger partial charge in [0.15, 0.2) is 0 Å². The van der Waals surface area contributed by atoms with Crippen molar-refractivity contribution in [3.05, 3.63) is 0 Å². The molecule has 1 aliphatic rings. The Morgan fingerprint density at radius 2 is 2.43 bits per heavy atom. The fraction of sp³-hybridized carbons (Fsp3) is 0.750. The molecule has 0 N–H and O–H groups in total. The van der Waals surface area contributed by atoms with Crippen molar-refractivity contribution in [1.29, 1.82) is 0 Å². The first-order valence-corrected chi connectivity index (χ1v) is 2.00. The van der Waals surface area contributed by atoms with E-state index in [1.165, 1.54) is 6.92 Å². The first kappa shape index (κ1) is 4.59. The van der Waals surface area contributed by atoms with Crippen LogP contribution in [0.2, 0.25) is 0 Å². The third-order valence-corrected chi connectivity index (χ3v) is 1.01. The Hall–Kier alpha value is -0.570. The highest BCUT2D eigenvalue weighted by Crippen LogP contribution is 2.23. The third-order valence-electron chi connectivity index (χ3n) is 1.01. The average molecular weight is 101 g/mol. The Balaban J connectivity index is 2.55. The smallest absolute Gasteiger partial charge is 0.128 e. The predicted molar refractivity (Wildman–Crippen MR) is 19.4 cm³/mol. The summed E-state index contributed by atoms with van der Waals surface area (Å²) in [5.41, 5.74) is -0.944. The maximum atomic E-state index is 9.85. The average Bonchev–Trinajstić information content (AvgIpc) is 2.21. The van der Waals surface area contributed by atoms with Crippen LogP contribution in [0.1, 0.15) is 6.92 Å². The lowest BCUT2D eigenvalue weighted by molar-refractivity contribution is -0.311. The van der Waals surface area contributed by atoms with E-state index in [1.807, 2.05) is 0 Å². The molecule has 40 valence electrons. The van der Waals surface area contributed by atoms with Crippen molar-refractivity contribution >= 4 is 5.97 Å². The van der Waals surface area contributed by atoms with Gasteiger partial charge in [0, 0.05) is 0 Å². The van der Waals surface area contributed by atoms with Gasteiger partial charge in [-0.15, -0.1) is 0 Å². The fourth-order valence-electron chi connectivity index (χ4n) is 0.226. The predicted octanol–water partition coefficient (Wildman–Crippen LogP) is -1.47. The standard InChI is InChI=1S/C4H6O3/c1-4(2-7-4)3(5)6/h2H2,1H3,(H,5,6)/p-1. The lowest BCUT2D eigenvalue weighted by atomic mass is 10.2. The van der Waals surface area contributed by atoms with Crippen LogP contribution in [0.5, 0.6) is 0 Å². The molecule has 0 aromatic rings. The zero-order chi connectivity index (χ0) is 5.49. The van der Waals surface area contributed by atoms with Gasteiger partial charge in [-0.1, -0.05) is 0 Å². The summed E-state index contributed by atoms with van der Waals surface area (Å²) < 4.78 is 4.50. The van der Waals surface area contributed by atoms with Gasteiger partial charge in [-0.05, 0) is 6.92 Å². The Morgan fingerprint density at radius 1 is 2.00 bits per heavy atom. The van der Waals surface area contributed by atoms with Crippen molar-refractivity contribution in [2.75, 3.05) is 6.61 Å². The van der Waals surface area contributed by atoms with Crippen molar-refractivity contribution in [3.63, 3.8) is 0 Å². The molecule has 1 rings (SSSR count). The molecule has 1 saturated heterocycles. The molecule has 1 aliphatic heterocycles. The number of rotatable bonds is 1. The maximum Gasteiger partial charge on any atom is 0.128 e. The number of carboxylic acid groups (broad SMARTS) is 1. The lowest BCUT2D eigenvalue weighted by Gasteiger charge is -2.02. The van der Waals surface area contributed by atoms with E-state index >= 15 is 0 Å². The molecule has 0 radical (unpaired) electrons. The first-order valence-electron chi connectivity index (χ1n) is 2.00. The molecule has 1 unspecified atom stereocenters. The van der Waals surface area contributed by atoms with Crippen molar-refractivity contribution in [1.82, 2.24) is 0 Å². The van der Waals surface area contributed by atoms with Gasteiger partial charge in [-0.2, -0.15) is 0 Å². The Labute approximate surface area is 40.9 Å². The molecule has 0 amide bonds. The highest BCUT2D eigenvalue weighted by molar-refractivity contribution is 5.77. The number of hydrogen-bond acceptors (Lipinski definition) is 3. The van der Waals surface area contributed by atoms with E-state index in [0.29, 0.717) is 6.61 Å². The number of ether oxygens (including phenoxy) is 1. The molecule has 0 bridgehead atoms. The summed E-state index contributed by atoms with van der Waals surface area (Å²) in [6.45, 7) is 1.79. The van der Waals surface area contributed by atoms with Gasteiger partial charge in [-0.25, -0.2) is 0 Å². The molecule has 0 aliphatic carbocycles. The van der Waals surface area contributed by atoms with Gasteiger partial charge in [0.2, 0.25) is 0 Å². The van der Waals surface area contributed by atoms with Crippen molar-refractivity contribution in [3.8, 4) is 0 Å². The highest BCUT2D eigenvalue weighted by Gasteiger charge is 2.40. The molecule has 3 heteroatoms. The van der Waals surface area contributed by atoms with E-state index in [1.54, 1.807) is 0 Å². The van der Waals surface area contributed by atoms with Crippen molar-refractivity contribution in [2.24, 2.45) is 0 Å². The highest BCUT2D eigenvalue weighted by atomic mass is 16.6. The molecule has 7 heavy (non-hydrogen) atoms. The second kappa shape index (κ2) is 0.980. The Kier molecular flexibility index (Phi) is 0.642. The quantitative estimate of drug-likeness (QED) is 0.379. The van der Waals surface area contributed by atoms with Gasteiger partial charge < -0.3 is 14.6 Å². The first-order chi connectivity index (χ1) is 3.15. The van der Waals surface area contributed by atoms with Crippen LogP contribution in [0.15, 0.2) is 0 Å². The summed E-state index contributed by atoms with van der Waals surface area (Å²) >= 11 is 0. The Morgan fingerprint density at radius 3 is 2.43 bits per heavy atom. The number of carbonyl (C=O) groups excluding carboxylic acids is 1. The van der Waals surface area contributed by atoms with E-state index < -0.39 is 11.6 Å². The van der Waals surface area contributed by atoms with Crippen molar-refractivity contribution < 1.29 is 14.6 Å². The molecule has 3 nitrogen and oxygen atoms in total. The van der Waals surface area contributed by atoms with Crippen LogP contribution in [0.3, 0.4) is 0 Å². The van der Waals surface area contributed by atoms with Crippen LogP contribution in [0, 0.1) is 0 Å².